The predicted molar refractivity (Wildman–Crippen MR) is 87.5 cm³/mol. The summed E-state index contributed by atoms with van der Waals surface area (Å²) >= 11 is 6.32. The van der Waals surface area contributed by atoms with Gasteiger partial charge >= 0.3 is 0 Å². The average Bonchev–Trinajstić information content (AvgIpc) is 2.84. The predicted octanol–water partition coefficient (Wildman–Crippen LogP) is 5.20. The van der Waals surface area contributed by atoms with Gasteiger partial charge in [-0.1, -0.05) is 19.9 Å². The van der Waals surface area contributed by atoms with E-state index in [9.17, 15) is 5.26 Å². The third-order valence-corrected chi connectivity index (χ3v) is 4.02. The number of aromatic nitrogens is 2. The number of nitriles is 1. The highest BCUT2D eigenvalue weighted by molar-refractivity contribution is 6.20. The Kier molecular flexibility index (Phi) is 4.90. The van der Waals surface area contributed by atoms with Crippen LogP contribution >= 0.6 is 11.6 Å². The molecule has 0 radical (unpaired) electrons. The lowest BCUT2D eigenvalue weighted by molar-refractivity contribution is 0.437. The van der Waals surface area contributed by atoms with Crippen molar-refractivity contribution in [2.45, 2.75) is 52.0 Å². The number of fused-ring (bicyclic) bond motifs is 1. The van der Waals surface area contributed by atoms with Crippen LogP contribution in [0.1, 0.15) is 63.3 Å². The number of hydrogen-bond donors (Lipinski definition) is 0. The molecule has 21 heavy (non-hydrogen) atoms. The van der Waals surface area contributed by atoms with Crippen LogP contribution < -0.4 is 0 Å². The van der Waals surface area contributed by atoms with Crippen LogP contribution in [0.2, 0.25) is 0 Å². The first kappa shape index (κ1) is 15.9. The maximum absolute atomic E-state index is 9.26. The van der Waals surface area contributed by atoms with Crippen LogP contribution in [-0.4, -0.2) is 9.55 Å². The van der Waals surface area contributed by atoms with Gasteiger partial charge < -0.3 is 4.57 Å². The first-order valence-corrected chi connectivity index (χ1v) is 7.94. The van der Waals surface area contributed by atoms with Gasteiger partial charge in [-0.2, -0.15) is 5.26 Å². The Morgan fingerprint density at radius 2 is 1.95 bits per heavy atom. The fraction of sp³-hybridized carbons (Fsp3) is 0.529. The average molecular weight is 304 g/mol. The summed E-state index contributed by atoms with van der Waals surface area (Å²) in [5.74, 6) is 1.53. The fourth-order valence-electron chi connectivity index (χ4n) is 2.67. The summed E-state index contributed by atoms with van der Waals surface area (Å²) in [5, 5.41) is 9.08. The van der Waals surface area contributed by atoms with Gasteiger partial charge in [-0.25, -0.2) is 4.98 Å². The maximum Gasteiger partial charge on any atom is 0.128 e. The SMILES string of the molecule is CC(C)CCC(C)n1c(C(C)Cl)nc2c(C#N)cccc21. The third-order valence-electron chi connectivity index (χ3n) is 3.83. The molecule has 3 nitrogen and oxygen atoms in total. The van der Waals surface area contributed by atoms with Crippen LogP contribution in [0, 0.1) is 17.2 Å². The Morgan fingerprint density at radius 1 is 1.24 bits per heavy atom. The topological polar surface area (TPSA) is 41.6 Å². The van der Waals surface area contributed by atoms with E-state index in [1.165, 1.54) is 0 Å². The zero-order valence-corrected chi connectivity index (χ0v) is 13.9. The van der Waals surface area contributed by atoms with Crippen molar-refractivity contribution in [3.8, 4) is 6.07 Å². The van der Waals surface area contributed by atoms with Gasteiger partial charge in [-0.3, -0.25) is 0 Å². The number of nitrogens with zero attached hydrogens (tertiary/aromatic N) is 3. The number of para-hydroxylation sites is 1. The van der Waals surface area contributed by atoms with Gasteiger partial charge in [0.1, 0.15) is 17.4 Å². The molecule has 0 saturated carbocycles. The summed E-state index contributed by atoms with van der Waals surface area (Å²) in [6.45, 7) is 8.60. The minimum Gasteiger partial charge on any atom is -0.324 e. The van der Waals surface area contributed by atoms with Crippen LogP contribution in [0.4, 0.5) is 0 Å². The van der Waals surface area contributed by atoms with E-state index >= 15 is 0 Å². The molecule has 0 amide bonds. The molecule has 0 fully saturated rings. The van der Waals surface area contributed by atoms with Gasteiger partial charge in [0.2, 0.25) is 0 Å². The quantitative estimate of drug-likeness (QED) is 0.712. The third kappa shape index (κ3) is 3.22. The Balaban J connectivity index is 2.54. The molecule has 2 rings (SSSR count). The van der Waals surface area contributed by atoms with Crippen LogP contribution in [0.25, 0.3) is 11.0 Å². The molecule has 0 bridgehead atoms. The Morgan fingerprint density at radius 3 is 2.52 bits per heavy atom. The minimum atomic E-state index is -0.176. The molecule has 1 aromatic carbocycles. The normalized spacial score (nSPS) is 14.3. The molecule has 2 aromatic rings. The smallest absolute Gasteiger partial charge is 0.128 e. The number of rotatable bonds is 5. The highest BCUT2D eigenvalue weighted by Crippen LogP contribution is 2.31. The summed E-state index contributed by atoms with van der Waals surface area (Å²) in [7, 11) is 0. The molecular formula is C17H22ClN3. The molecule has 0 aliphatic carbocycles. The van der Waals surface area contributed by atoms with E-state index in [1.54, 1.807) is 6.07 Å². The number of halogens is 1. The highest BCUT2D eigenvalue weighted by Gasteiger charge is 2.20. The lowest BCUT2D eigenvalue weighted by atomic mass is 10.0. The first-order valence-electron chi connectivity index (χ1n) is 7.50. The number of alkyl halides is 1. The molecule has 1 heterocycles. The Hall–Kier alpha value is -1.53. The monoisotopic (exact) mass is 303 g/mol. The van der Waals surface area contributed by atoms with Crippen molar-refractivity contribution in [3.05, 3.63) is 29.6 Å². The lowest BCUT2D eigenvalue weighted by Gasteiger charge is -2.19. The zero-order valence-electron chi connectivity index (χ0n) is 13.1. The summed E-state index contributed by atoms with van der Waals surface area (Å²) in [4.78, 5) is 4.64. The standard InChI is InChI=1S/C17H22ClN3/c1-11(2)8-9-12(3)21-15-7-5-6-14(10-19)16(15)20-17(21)13(4)18/h5-7,11-13H,8-9H2,1-4H3. The van der Waals surface area contributed by atoms with Gasteiger partial charge in [0.25, 0.3) is 0 Å². The zero-order chi connectivity index (χ0) is 15.6. The minimum absolute atomic E-state index is 0.176. The van der Waals surface area contributed by atoms with Crippen molar-refractivity contribution in [2.24, 2.45) is 5.92 Å². The highest BCUT2D eigenvalue weighted by atomic mass is 35.5. The van der Waals surface area contributed by atoms with Crippen LogP contribution in [0.15, 0.2) is 18.2 Å². The maximum atomic E-state index is 9.26. The molecular weight excluding hydrogens is 282 g/mol. The van der Waals surface area contributed by atoms with Crippen molar-refractivity contribution < 1.29 is 0 Å². The van der Waals surface area contributed by atoms with Crippen LogP contribution in [0.5, 0.6) is 0 Å². The number of hydrogen-bond acceptors (Lipinski definition) is 2. The van der Waals surface area contributed by atoms with E-state index in [0.717, 1.165) is 29.7 Å². The number of imidazole rings is 1. The van der Waals surface area contributed by atoms with Crippen molar-refractivity contribution in [2.75, 3.05) is 0 Å². The largest absolute Gasteiger partial charge is 0.324 e. The Labute approximate surface area is 131 Å². The second-order valence-corrected chi connectivity index (χ2v) is 6.72. The lowest BCUT2D eigenvalue weighted by Crippen LogP contribution is -2.10. The Bertz CT molecular complexity index is 664. The van der Waals surface area contributed by atoms with E-state index in [0.29, 0.717) is 17.5 Å². The molecule has 4 heteroatoms. The molecule has 0 saturated heterocycles. The summed E-state index contributed by atoms with van der Waals surface area (Å²) in [6, 6.07) is 8.29. The van der Waals surface area contributed by atoms with E-state index in [2.05, 4.69) is 36.4 Å². The number of benzene rings is 1. The van der Waals surface area contributed by atoms with Crippen LogP contribution in [0.3, 0.4) is 0 Å². The van der Waals surface area contributed by atoms with Gasteiger partial charge in [0, 0.05) is 6.04 Å². The van der Waals surface area contributed by atoms with Gasteiger partial charge in [-0.15, -0.1) is 11.6 Å². The summed E-state index contributed by atoms with van der Waals surface area (Å²) in [6.07, 6.45) is 2.24. The molecule has 112 valence electrons. The van der Waals surface area contributed by atoms with Crippen molar-refractivity contribution >= 4 is 22.6 Å². The van der Waals surface area contributed by atoms with E-state index in [1.807, 2.05) is 19.1 Å². The second-order valence-electron chi connectivity index (χ2n) is 6.06. The fourth-order valence-corrected chi connectivity index (χ4v) is 2.83. The van der Waals surface area contributed by atoms with Crippen molar-refractivity contribution in [3.63, 3.8) is 0 Å². The van der Waals surface area contributed by atoms with Gasteiger partial charge in [-0.05, 0) is 44.7 Å². The summed E-state index contributed by atoms with van der Waals surface area (Å²) < 4.78 is 2.20. The first-order chi connectivity index (χ1) is 9.95. The molecule has 0 N–H and O–H groups in total. The molecule has 2 unspecified atom stereocenters. The van der Waals surface area contributed by atoms with Gasteiger partial charge in [0.05, 0.1) is 16.5 Å². The second kappa shape index (κ2) is 6.49. The van der Waals surface area contributed by atoms with E-state index in [4.69, 9.17) is 11.6 Å². The van der Waals surface area contributed by atoms with E-state index in [-0.39, 0.29) is 5.38 Å². The van der Waals surface area contributed by atoms with Crippen molar-refractivity contribution in [1.29, 1.82) is 5.26 Å². The summed E-state index contributed by atoms with van der Waals surface area (Å²) in [5.41, 5.74) is 2.38. The van der Waals surface area contributed by atoms with E-state index < -0.39 is 0 Å². The molecule has 0 spiro atoms. The molecule has 0 aliphatic heterocycles. The molecule has 2 atom stereocenters. The van der Waals surface area contributed by atoms with Gasteiger partial charge in [0.15, 0.2) is 0 Å². The van der Waals surface area contributed by atoms with Crippen LogP contribution in [-0.2, 0) is 0 Å². The van der Waals surface area contributed by atoms with Crippen molar-refractivity contribution in [1.82, 2.24) is 9.55 Å². The molecule has 0 aliphatic rings. The molecule has 1 aromatic heterocycles.